The molecule has 2 aromatic carbocycles. The number of carbonyl (C=O) groups excluding carboxylic acids is 2. The minimum atomic E-state index is -1.11. The smallest absolute Gasteiger partial charge is 0.326 e. The number of hydrogen-bond acceptors (Lipinski definition) is 4. The molecule has 0 spiro atoms. The lowest BCUT2D eigenvalue weighted by atomic mass is 10.1. The summed E-state index contributed by atoms with van der Waals surface area (Å²) in [5.41, 5.74) is 6.82. The van der Waals surface area contributed by atoms with Crippen LogP contribution >= 0.6 is 0 Å². The Kier molecular flexibility index (Phi) is 6.87. The highest BCUT2D eigenvalue weighted by molar-refractivity contribution is 5.99. The van der Waals surface area contributed by atoms with Crippen molar-refractivity contribution in [2.24, 2.45) is 5.73 Å². The van der Waals surface area contributed by atoms with E-state index in [1.807, 2.05) is 18.2 Å². The zero-order valence-electron chi connectivity index (χ0n) is 14.1. The number of carboxylic acids is 1. The van der Waals surface area contributed by atoms with Crippen LogP contribution in [0, 0.1) is 0 Å². The van der Waals surface area contributed by atoms with Crippen LogP contribution in [-0.4, -0.2) is 42.0 Å². The van der Waals surface area contributed by atoms with E-state index in [-0.39, 0.29) is 17.9 Å². The summed E-state index contributed by atoms with van der Waals surface area (Å²) < 4.78 is 0. The molecule has 136 valence electrons. The zero-order valence-corrected chi connectivity index (χ0v) is 14.1. The molecule has 0 saturated carbocycles. The Morgan fingerprint density at radius 3 is 2.04 bits per heavy atom. The molecule has 2 aromatic rings. The van der Waals surface area contributed by atoms with Crippen LogP contribution in [0.5, 0.6) is 0 Å². The van der Waals surface area contributed by atoms with Gasteiger partial charge >= 0.3 is 5.97 Å². The molecule has 2 rings (SSSR count). The zero-order chi connectivity index (χ0) is 18.9. The summed E-state index contributed by atoms with van der Waals surface area (Å²) in [6.07, 6.45) is 0.182. The van der Waals surface area contributed by atoms with E-state index in [1.54, 1.807) is 12.1 Å². The number of carboxylic acid groups (broad SMARTS) is 1. The first kappa shape index (κ1) is 19.1. The van der Waals surface area contributed by atoms with Crippen molar-refractivity contribution in [2.45, 2.75) is 12.5 Å². The lowest BCUT2D eigenvalue weighted by molar-refractivity contribution is -0.139. The molecule has 0 heterocycles. The van der Waals surface area contributed by atoms with Gasteiger partial charge in [-0.15, -0.1) is 0 Å². The summed E-state index contributed by atoms with van der Waals surface area (Å²) in [4.78, 5) is 35.6. The molecule has 0 aliphatic heterocycles. The van der Waals surface area contributed by atoms with Crippen molar-refractivity contribution in [1.82, 2.24) is 10.6 Å². The van der Waals surface area contributed by atoms with Gasteiger partial charge in [0.25, 0.3) is 11.8 Å². The van der Waals surface area contributed by atoms with Gasteiger partial charge in [0.1, 0.15) is 6.04 Å². The molecule has 26 heavy (non-hydrogen) atoms. The van der Waals surface area contributed by atoms with Gasteiger partial charge in [-0.05, 0) is 29.8 Å². The van der Waals surface area contributed by atoms with Crippen molar-refractivity contribution in [2.75, 3.05) is 13.1 Å². The van der Waals surface area contributed by atoms with Crippen LogP contribution in [0.1, 0.15) is 26.3 Å². The second-order valence-corrected chi connectivity index (χ2v) is 5.68. The third kappa shape index (κ3) is 5.42. The molecule has 0 fully saturated rings. The van der Waals surface area contributed by atoms with E-state index in [1.165, 1.54) is 24.3 Å². The summed E-state index contributed by atoms with van der Waals surface area (Å²) in [5.74, 6) is -1.91. The van der Waals surface area contributed by atoms with E-state index in [9.17, 15) is 19.5 Å². The van der Waals surface area contributed by atoms with Crippen molar-refractivity contribution >= 4 is 17.8 Å². The minimum Gasteiger partial charge on any atom is -0.480 e. The first-order valence-corrected chi connectivity index (χ1v) is 8.17. The highest BCUT2D eigenvalue weighted by atomic mass is 16.4. The molecule has 0 aromatic heterocycles. The van der Waals surface area contributed by atoms with Gasteiger partial charge in [0.2, 0.25) is 0 Å². The largest absolute Gasteiger partial charge is 0.480 e. The van der Waals surface area contributed by atoms with Crippen LogP contribution in [0.2, 0.25) is 0 Å². The number of amides is 2. The van der Waals surface area contributed by atoms with Gasteiger partial charge in [0.15, 0.2) is 0 Å². The average Bonchev–Trinajstić information content (AvgIpc) is 2.66. The van der Waals surface area contributed by atoms with E-state index in [2.05, 4.69) is 10.6 Å². The Bertz CT molecular complexity index is 760. The van der Waals surface area contributed by atoms with Crippen molar-refractivity contribution in [1.29, 1.82) is 0 Å². The number of nitrogens with two attached hydrogens (primary N) is 1. The fraction of sp³-hybridized carbons (Fsp3) is 0.211. The molecule has 0 aliphatic carbocycles. The minimum absolute atomic E-state index is 0.182. The third-order valence-corrected chi connectivity index (χ3v) is 3.73. The van der Waals surface area contributed by atoms with Crippen molar-refractivity contribution < 1.29 is 19.5 Å². The Morgan fingerprint density at radius 2 is 1.50 bits per heavy atom. The van der Waals surface area contributed by atoms with Gasteiger partial charge in [0, 0.05) is 30.6 Å². The fourth-order valence-corrected chi connectivity index (χ4v) is 2.35. The number of carbonyl (C=O) groups is 3. The van der Waals surface area contributed by atoms with Gasteiger partial charge in [0.05, 0.1) is 0 Å². The molecule has 0 bridgehead atoms. The lowest BCUT2D eigenvalue weighted by Crippen LogP contribution is -2.42. The van der Waals surface area contributed by atoms with E-state index in [4.69, 9.17) is 5.73 Å². The maximum Gasteiger partial charge on any atom is 0.326 e. The van der Waals surface area contributed by atoms with Crippen LogP contribution in [0.25, 0.3) is 0 Å². The second kappa shape index (κ2) is 9.33. The maximum absolute atomic E-state index is 12.3. The van der Waals surface area contributed by atoms with Gasteiger partial charge < -0.3 is 21.5 Å². The summed E-state index contributed by atoms with van der Waals surface area (Å²) in [6.45, 7) is 0.699. The van der Waals surface area contributed by atoms with Crippen molar-refractivity contribution in [3.05, 3.63) is 71.3 Å². The molecule has 2 amide bonds. The topological polar surface area (TPSA) is 122 Å². The molecule has 0 saturated heterocycles. The molecule has 7 heteroatoms. The molecular weight excluding hydrogens is 334 g/mol. The van der Waals surface area contributed by atoms with E-state index >= 15 is 0 Å². The number of nitrogens with one attached hydrogen (secondary N) is 2. The molecule has 0 unspecified atom stereocenters. The summed E-state index contributed by atoms with van der Waals surface area (Å²) >= 11 is 0. The molecule has 1 atom stereocenters. The first-order chi connectivity index (χ1) is 12.5. The van der Waals surface area contributed by atoms with E-state index in [0.717, 1.165) is 5.56 Å². The van der Waals surface area contributed by atoms with Gasteiger partial charge in [-0.3, -0.25) is 9.59 Å². The monoisotopic (exact) mass is 355 g/mol. The normalized spacial score (nSPS) is 11.4. The van der Waals surface area contributed by atoms with Crippen molar-refractivity contribution in [3.63, 3.8) is 0 Å². The molecule has 7 nitrogen and oxygen atoms in total. The van der Waals surface area contributed by atoms with Gasteiger partial charge in [-0.2, -0.15) is 0 Å². The third-order valence-electron chi connectivity index (χ3n) is 3.73. The SMILES string of the molecule is NCCNC(=O)c1ccc(C(=O)N[C@@H](Cc2ccccc2)C(=O)O)cc1. The molecule has 0 aliphatic rings. The standard InChI is InChI=1S/C19H21N3O4/c20-10-11-21-17(23)14-6-8-15(9-7-14)18(24)22-16(19(25)26)12-13-4-2-1-3-5-13/h1-9,16H,10-12,20H2,(H,21,23)(H,22,24)(H,25,26)/t16-/m0/s1. The van der Waals surface area contributed by atoms with Gasteiger partial charge in [-0.25, -0.2) is 4.79 Å². The molecule has 5 N–H and O–H groups in total. The van der Waals surface area contributed by atoms with Crippen LogP contribution in [0.4, 0.5) is 0 Å². The summed E-state index contributed by atoms with van der Waals surface area (Å²) in [7, 11) is 0. The molecular formula is C19H21N3O4. The highest BCUT2D eigenvalue weighted by Crippen LogP contribution is 2.07. The first-order valence-electron chi connectivity index (χ1n) is 8.17. The Morgan fingerprint density at radius 1 is 0.923 bits per heavy atom. The lowest BCUT2D eigenvalue weighted by Gasteiger charge is -2.15. The number of benzene rings is 2. The summed E-state index contributed by atoms with van der Waals surface area (Å²) in [6, 6.07) is 14.0. The van der Waals surface area contributed by atoms with E-state index in [0.29, 0.717) is 18.7 Å². The number of rotatable bonds is 8. The van der Waals surface area contributed by atoms with Crippen LogP contribution in [0.3, 0.4) is 0 Å². The quantitative estimate of drug-likeness (QED) is 0.558. The van der Waals surface area contributed by atoms with Crippen LogP contribution < -0.4 is 16.4 Å². The Hall–Kier alpha value is -3.19. The number of aliphatic carboxylic acids is 1. The maximum atomic E-state index is 12.3. The summed E-state index contributed by atoms with van der Waals surface area (Å²) in [5, 5.41) is 14.5. The predicted molar refractivity (Wildman–Crippen MR) is 96.9 cm³/mol. The van der Waals surface area contributed by atoms with E-state index < -0.39 is 17.9 Å². The van der Waals surface area contributed by atoms with Crippen LogP contribution in [0.15, 0.2) is 54.6 Å². The Labute approximate surface area is 151 Å². The Balaban J connectivity index is 2.02. The average molecular weight is 355 g/mol. The fourth-order valence-electron chi connectivity index (χ4n) is 2.35. The number of hydrogen-bond donors (Lipinski definition) is 4. The predicted octanol–water partition coefficient (Wildman–Crippen LogP) is 0.801. The second-order valence-electron chi connectivity index (χ2n) is 5.68. The highest BCUT2D eigenvalue weighted by Gasteiger charge is 2.21. The molecule has 0 radical (unpaired) electrons. The van der Waals surface area contributed by atoms with Crippen LogP contribution in [-0.2, 0) is 11.2 Å². The van der Waals surface area contributed by atoms with Gasteiger partial charge in [-0.1, -0.05) is 30.3 Å². The van der Waals surface area contributed by atoms with Crippen molar-refractivity contribution in [3.8, 4) is 0 Å².